The first-order chi connectivity index (χ1) is 9.01. The van der Waals surface area contributed by atoms with Gasteiger partial charge in [-0.2, -0.15) is 0 Å². The second kappa shape index (κ2) is 7.86. The number of hydrogen-bond donors (Lipinski definition) is 1. The van der Waals surface area contributed by atoms with E-state index in [4.69, 9.17) is 4.74 Å². The van der Waals surface area contributed by atoms with E-state index in [-0.39, 0.29) is 12.4 Å². The van der Waals surface area contributed by atoms with Crippen molar-refractivity contribution < 1.29 is 14.6 Å². The second-order valence-corrected chi connectivity index (χ2v) is 4.63. The zero-order valence-corrected chi connectivity index (χ0v) is 11.8. The quantitative estimate of drug-likeness (QED) is 0.750. The molecular formula is C14H22N2O3. The molecule has 1 rings (SSSR count). The molecule has 19 heavy (non-hydrogen) atoms. The summed E-state index contributed by atoms with van der Waals surface area (Å²) in [7, 11) is 1.89. The van der Waals surface area contributed by atoms with Gasteiger partial charge >= 0.3 is 5.97 Å². The number of carbonyl (C=O) groups excluding carboxylic acids is 1. The van der Waals surface area contributed by atoms with Crippen LogP contribution in [0.4, 0.5) is 0 Å². The zero-order valence-electron chi connectivity index (χ0n) is 11.8. The molecule has 0 aliphatic rings. The molecule has 0 amide bonds. The van der Waals surface area contributed by atoms with Crippen LogP contribution in [0.15, 0.2) is 18.2 Å². The normalized spacial score (nSPS) is 12.5. The number of carbonyl (C=O) groups is 1. The number of pyridine rings is 1. The number of ether oxygens (including phenoxy) is 1. The number of aryl methyl sites for hydroxylation is 1. The molecule has 0 bridgehead atoms. The molecule has 1 heterocycles. The van der Waals surface area contributed by atoms with Gasteiger partial charge < -0.3 is 9.84 Å². The van der Waals surface area contributed by atoms with Crippen LogP contribution in [0.5, 0.6) is 0 Å². The Hall–Kier alpha value is -1.46. The minimum atomic E-state index is -0.714. The fourth-order valence-electron chi connectivity index (χ4n) is 1.87. The van der Waals surface area contributed by atoms with Crippen molar-refractivity contribution in [3.63, 3.8) is 0 Å². The average Bonchev–Trinajstić information content (AvgIpc) is 2.28. The van der Waals surface area contributed by atoms with Gasteiger partial charge in [0.1, 0.15) is 0 Å². The summed E-state index contributed by atoms with van der Waals surface area (Å²) >= 11 is 0. The summed E-state index contributed by atoms with van der Waals surface area (Å²) in [5.41, 5.74) is 1.92. The Labute approximate surface area is 114 Å². The first-order valence-electron chi connectivity index (χ1n) is 6.46. The molecule has 0 aliphatic heterocycles. The van der Waals surface area contributed by atoms with Gasteiger partial charge in [0.15, 0.2) is 0 Å². The summed E-state index contributed by atoms with van der Waals surface area (Å²) in [5.74, 6) is -0.364. The minimum absolute atomic E-state index is 0.0272. The topological polar surface area (TPSA) is 62.7 Å². The molecule has 0 saturated carbocycles. The monoisotopic (exact) mass is 266 g/mol. The molecule has 5 nitrogen and oxygen atoms in total. The highest BCUT2D eigenvalue weighted by atomic mass is 16.5. The van der Waals surface area contributed by atoms with Crippen molar-refractivity contribution in [3.8, 4) is 0 Å². The van der Waals surface area contributed by atoms with Crippen molar-refractivity contribution >= 4 is 5.97 Å². The number of aliphatic hydroxyl groups excluding tert-OH is 1. The van der Waals surface area contributed by atoms with Crippen LogP contribution in [0.25, 0.3) is 0 Å². The maximum Gasteiger partial charge on any atom is 0.308 e. The number of likely N-dealkylation sites (N-methyl/N-ethyl adjacent to an activating group) is 1. The fourth-order valence-corrected chi connectivity index (χ4v) is 1.87. The van der Waals surface area contributed by atoms with Crippen LogP contribution >= 0.6 is 0 Å². The summed E-state index contributed by atoms with van der Waals surface area (Å²) in [4.78, 5) is 17.6. The molecule has 0 aliphatic carbocycles. The first kappa shape index (κ1) is 15.6. The van der Waals surface area contributed by atoms with Crippen molar-refractivity contribution in [1.82, 2.24) is 9.88 Å². The average molecular weight is 266 g/mol. The molecule has 0 saturated heterocycles. The number of aliphatic hydroxyl groups is 1. The Morgan fingerprint density at radius 2 is 2.26 bits per heavy atom. The highest BCUT2D eigenvalue weighted by Gasteiger charge is 2.14. The van der Waals surface area contributed by atoms with E-state index in [1.807, 2.05) is 37.1 Å². The van der Waals surface area contributed by atoms with Gasteiger partial charge in [0.05, 0.1) is 24.8 Å². The number of rotatable bonds is 7. The molecule has 106 valence electrons. The molecule has 1 unspecified atom stereocenters. The summed E-state index contributed by atoms with van der Waals surface area (Å²) in [6, 6.07) is 5.85. The lowest BCUT2D eigenvalue weighted by molar-refractivity contribution is -0.145. The van der Waals surface area contributed by atoms with Gasteiger partial charge in [0.2, 0.25) is 0 Å². The molecule has 1 aromatic heterocycles. The molecule has 1 N–H and O–H groups in total. The van der Waals surface area contributed by atoms with Crippen LogP contribution in [-0.2, 0) is 16.1 Å². The molecule has 0 aromatic carbocycles. The van der Waals surface area contributed by atoms with Crippen molar-refractivity contribution in [1.29, 1.82) is 0 Å². The van der Waals surface area contributed by atoms with E-state index in [0.29, 0.717) is 19.7 Å². The molecule has 1 aromatic rings. The Morgan fingerprint density at radius 3 is 2.89 bits per heavy atom. The van der Waals surface area contributed by atoms with E-state index in [0.717, 1.165) is 11.4 Å². The van der Waals surface area contributed by atoms with E-state index in [1.165, 1.54) is 0 Å². The van der Waals surface area contributed by atoms with Gasteiger partial charge in [0.25, 0.3) is 0 Å². The molecule has 0 fully saturated rings. The minimum Gasteiger partial charge on any atom is -0.466 e. The third-order valence-electron chi connectivity index (χ3n) is 2.61. The predicted octanol–water partition coefficient (Wildman–Crippen LogP) is 1.14. The maximum absolute atomic E-state index is 11.2. The van der Waals surface area contributed by atoms with Crippen molar-refractivity contribution in [2.45, 2.75) is 32.9 Å². The number of esters is 1. The van der Waals surface area contributed by atoms with Crippen molar-refractivity contribution in [2.24, 2.45) is 0 Å². The maximum atomic E-state index is 11.2. The summed E-state index contributed by atoms with van der Waals surface area (Å²) < 4.78 is 4.80. The lowest BCUT2D eigenvalue weighted by Gasteiger charge is -2.19. The third-order valence-corrected chi connectivity index (χ3v) is 2.61. The second-order valence-electron chi connectivity index (χ2n) is 4.63. The van der Waals surface area contributed by atoms with E-state index in [1.54, 1.807) is 6.92 Å². The summed E-state index contributed by atoms with van der Waals surface area (Å²) in [5, 5.41) is 9.79. The fraction of sp³-hybridized carbons (Fsp3) is 0.571. The van der Waals surface area contributed by atoms with Gasteiger partial charge in [-0.3, -0.25) is 14.7 Å². The lowest BCUT2D eigenvalue weighted by Crippen LogP contribution is -2.31. The lowest BCUT2D eigenvalue weighted by atomic mass is 10.2. The predicted molar refractivity (Wildman–Crippen MR) is 72.6 cm³/mol. The van der Waals surface area contributed by atoms with E-state index in [2.05, 4.69) is 4.98 Å². The van der Waals surface area contributed by atoms with Crippen molar-refractivity contribution in [3.05, 3.63) is 29.6 Å². The first-order valence-corrected chi connectivity index (χ1v) is 6.46. The summed E-state index contributed by atoms with van der Waals surface area (Å²) in [6.07, 6.45) is -0.687. The molecule has 0 spiro atoms. The number of hydrogen-bond acceptors (Lipinski definition) is 5. The number of aromatic nitrogens is 1. The van der Waals surface area contributed by atoms with Gasteiger partial charge in [-0.25, -0.2) is 0 Å². The zero-order chi connectivity index (χ0) is 14.3. The molecular weight excluding hydrogens is 244 g/mol. The highest BCUT2D eigenvalue weighted by Crippen LogP contribution is 2.04. The van der Waals surface area contributed by atoms with Crippen LogP contribution in [0.3, 0.4) is 0 Å². The van der Waals surface area contributed by atoms with Crippen LogP contribution in [0.2, 0.25) is 0 Å². The largest absolute Gasteiger partial charge is 0.466 e. The van der Waals surface area contributed by atoms with Gasteiger partial charge in [-0.15, -0.1) is 0 Å². The van der Waals surface area contributed by atoms with Crippen LogP contribution < -0.4 is 0 Å². The molecule has 1 atom stereocenters. The Bertz CT molecular complexity index is 409. The van der Waals surface area contributed by atoms with Crippen LogP contribution in [0, 0.1) is 6.92 Å². The van der Waals surface area contributed by atoms with Crippen LogP contribution in [0.1, 0.15) is 24.7 Å². The highest BCUT2D eigenvalue weighted by molar-refractivity contribution is 5.69. The van der Waals surface area contributed by atoms with E-state index in [9.17, 15) is 9.90 Å². The van der Waals surface area contributed by atoms with Gasteiger partial charge in [0, 0.05) is 18.8 Å². The third kappa shape index (κ3) is 6.31. The van der Waals surface area contributed by atoms with Crippen molar-refractivity contribution in [2.75, 3.05) is 20.2 Å². The van der Waals surface area contributed by atoms with Gasteiger partial charge in [-0.1, -0.05) is 6.07 Å². The number of nitrogens with zero attached hydrogens (tertiary/aromatic N) is 2. The van der Waals surface area contributed by atoms with E-state index >= 15 is 0 Å². The van der Waals surface area contributed by atoms with E-state index < -0.39 is 6.10 Å². The standard InChI is InChI=1S/C14H22N2O3/c1-4-19-14(18)8-13(17)10-16(3)9-12-7-5-6-11(2)15-12/h5-7,13,17H,4,8-10H2,1-3H3. The summed E-state index contributed by atoms with van der Waals surface area (Å²) in [6.45, 7) is 5.09. The van der Waals surface area contributed by atoms with Gasteiger partial charge in [-0.05, 0) is 33.0 Å². The Morgan fingerprint density at radius 1 is 1.53 bits per heavy atom. The Kier molecular flexibility index (Phi) is 6.45. The SMILES string of the molecule is CCOC(=O)CC(O)CN(C)Cc1cccc(C)n1. The smallest absolute Gasteiger partial charge is 0.308 e. The molecule has 0 radical (unpaired) electrons. The van der Waals surface area contributed by atoms with Crippen LogP contribution in [-0.4, -0.2) is 47.3 Å². The molecule has 5 heteroatoms. The Balaban J connectivity index is 2.38.